The van der Waals surface area contributed by atoms with Gasteiger partial charge >= 0.3 is 13.7 Å². The topological polar surface area (TPSA) is 194 Å². The lowest BCUT2D eigenvalue weighted by molar-refractivity contribution is -0.138. The molecule has 41 heavy (non-hydrogen) atoms. The van der Waals surface area contributed by atoms with Gasteiger partial charge in [-0.05, 0) is 37.6 Å². The molecule has 14 nitrogen and oxygen atoms in total. The zero-order valence-electron chi connectivity index (χ0n) is 22.2. The van der Waals surface area contributed by atoms with Crippen molar-refractivity contribution in [1.82, 2.24) is 19.7 Å². The highest BCUT2D eigenvalue weighted by Crippen LogP contribution is 2.48. The van der Waals surface area contributed by atoms with Crippen LogP contribution < -0.4 is 14.9 Å². The first-order valence-electron chi connectivity index (χ1n) is 12.7. The van der Waals surface area contributed by atoms with Gasteiger partial charge < -0.3 is 29.9 Å². The fourth-order valence-electron chi connectivity index (χ4n) is 4.26. The van der Waals surface area contributed by atoms with Gasteiger partial charge in [-0.3, -0.25) is 14.1 Å². The van der Waals surface area contributed by atoms with Crippen LogP contribution in [0.25, 0.3) is 5.52 Å². The molecule has 1 aliphatic rings. The van der Waals surface area contributed by atoms with Crippen LogP contribution >= 0.6 is 7.75 Å². The maximum absolute atomic E-state index is 14.6. The Bertz CT molecular complexity index is 1430. The van der Waals surface area contributed by atoms with E-state index in [9.17, 15) is 33.9 Å². The number of hydrogen-bond donors (Lipinski definition) is 5. The summed E-state index contributed by atoms with van der Waals surface area (Å²) in [5.74, 6) is -1.34. The summed E-state index contributed by atoms with van der Waals surface area (Å²) in [6.07, 6.45) is -2.80. The van der Waals surface area contributed by atoms with Crippen LogP contribution in [0.15, 0.2) is 48.8 Å². The molecule has 222 valence electrons. The molecule has 0 aliphatic carbocycles. The van der Waals surface area contributed by atoms with E-state index in [-0.39, 0.29) is 29.6 Å². The second-order valence-corrected chi connectivity index (χ2v) is 11.2. The summed E-state index contributed by atoms with van der Waals surface area (Å²) in [4.78, 5) is 27.6. The fourth-order valence-corrected chi connectivity index (χ4v) is 5.81. The summed E-state index contributed by atoms with van der Waals surface area (Å²) in [5.41, 5.74) is -1.65. The number of carbonyl (C=O) groups is 2. The molecule has 1 fully saturated rings. The van der Waals surface area contributed by atoms with E-state index in [0.29, 0.717) is 11.9 Å². The molecule has 2 aromatic heterocycles. The van der Waals surface area contributed by atoms with Gasteiger partial charge in [-0.1, -0.05) is 25.1 Å². The number of amides is 1. The largest absolute Gasteiger partial charge is 0.480 e. The Labute approximate surface area is 234 Å². The van der Waals surface area contributed by atoms with Crippen molar-refractivity contribution in [3.8, 4) is 5.75 Å². The van der Waals surface area contributed by atoms with Crippen molar-refractivity contribution >= 4 is 31.0 Å². The zero-order valence-corrected chi connectivity index (χ0v) is 23.1. The SMILES string of the molecule is CCCC(=O)Nc1ncnn2c([C@@H]3O[C@](CF)(CO[P@@](=O)(N[C@@H](C)C(=O)O)Oc4ccccc4)[C@@H](O)[C@H]3O)ccc12. The van der Waals surface area contributed by atoms with Gasteiger partial charge in [0.15, 0.2) is 5.82 Å². The quantitative estimate of drug-likeness (QED) is 0.181. The Kier molecular flexibility index (Phi) is 9.37. The molecule has 16 heteroatoms. The minimum Gasteiger partial charge on any atom is -0.480 e. The second-order valence-electron chi connectivity index (χ2n) is 9.50. The van der Waals surface area contributed by atoms with Crippen LogP contribution in [0.1, 0.15) is 38.5 Å². The lowest BCUT2D eigenvalue weighted by Gasteiger charge is -2.31. The van der Waals surface area contributed by atoms with Crippen molar-refractivity contribution < 1.29 is 47.6 Å². The highest BCUT2D eigenvalue weighted by atomic mass is 31.2. The highest BCUT2D eigenvalue weighted by Gasteiger charge is 2.57. The molecule has 0 unspecified atom stereocenters. The van der Waals surface area contributed by atoms with Crippen molar-refractivity contribution in [2.75, 3.05) is 18.6 Å². The zero-order chi connectivity index (χ0) is 29.8. The number of anilines is 1. The third kappa shape index (κ3) is 6.56. The fraction of sp³-hybridized carbons (Fsp3) is 0.440. The Hall–Kier alpha value is -3.46. The standard InChI is InChI=1S/C25H31FN5O9P/c1-3-7-19(32)29-23-18-11-10-17(31(18)28-14-27-23)21-20(33)22(34)25(12-26,39-21)13-38-41(37,30-15(2)24(35)36)40-16-8-5-4-6-9-16/h4-6,8-11,14-15,20-22,33-34H,3,7,12-13H2,1-2H3,(H,30,37)(H,35,36)(H,27,28,29,32)/t15-,20-,21-,22-,25+,41-/m0/s1. The summed E-state index contributed by atoms with van der Waals surface area (Å²) >= 11 is 0. The first-order valence-corrected chi connectivity index (χ1v) is 14.3. The number of carboxylic acid groups (broad SMARTS) is 1. The third-order valence-corrected chi connectivity index (χ3v) is 8.06. The molecule has 1 aliphatic heterocycles. The normalized spacial score (nSPS) is 24.6. The molecule has 1 amide bonds. The molecule has 5 N–H and O–H groups in total. The van der Waals surface area contributed by atoms with E-state index in [4.69, 9.17) is 13.8 Å². The number of ether oxygens (including phenoxy) is 1. The van der Waals surface area contributed by atoms with E-state index in [1.165, 1.54) is 36.0 Å². The van der Waals surface area contributed by atoms with Crippen LogP contribution in [0.2, 0.25) is 0 Å². The van der Waals surface area contributed by atoms with E-state index in [1.54, 1.807) is 24.3 Å². The summed E-state index contributed by atoms with van der Waals surface area (Å²) in [7, 11) is -4.49. The number of aliphatic hydroxyl groups excluding tert-OH is 2. The number of nitrogens with zero attached hydrogens (tertiary/aromatic N) is 3. The third-order valence-electron chi connectivity index (χ3n) is 6.44. The summed E-state index contributed by atoms with van der Waals surface area (Å²) in [6, 6.07) is 9.42. The molecule has 3 heterocycles. The van der Waals surface area contributed by atoms with Crippen molar-refractivity contribution in [2.45, 2.75) is 56.6 Å². The number of fused-ring (bicyclic) bond motifs is 1. The maximum atomic E-state index is 14.6. The van der Waals surface area contributed by atoms with E-state index in [2.05, 4.69) is 20.5 Å². The van der Waals surface area contributed by atoms with E-state index in [0.717, 1.165) is 0 Å². The Morgan fingerprint density at radius 3 is 2.63 bits per heavy atom. The summed E-state index contributed by atoms with van der Waals surface area (Å²) in [6.45, 7) is 0.790. The van der Waals surface area contributed by atoms with Crippen molar-refractivity contribution in [1.29, 1.82) is 0 Å². The number of alkyl halides is 1. The number of hydrogen-bond acceptors (Lipinski definition) is 10. The van der Waals surface area contributed by atoms with Crippen LogP contribution in [0, 0.1) is 0 Å². The van der Waals surface area contributed by atoms with E-state index < -0.39 is 57.0 Å². The smallest absolute Gasteiger partial charge is 0.459 e. The molecular formula is C25H31FN5O9P. The Morgan fingerprint density at radius 1 is 1.24 bits per heavy atom. The van der Waals surface area contributed by atoms with Crippen molar-refractivity contribution in [3.05, 3.63) is 54.5 Å². The molecule has 0 spiro atoms. The number of rotatable bonds is 13. The van der Waals surface area contributed by atoms with Crippen LogP contribution in [0.5, 0.6) is 5.75 Å². The number of benzene rings is 1. The van der Waals surface area contributed by atoms with Crippen LogP contribution in [-0.2, 0) is 23.4 Å². The van der Waals surface area contributed by atoms with Gasteiger partial charge in [0.1, 0.15) is 54.2 Å². The minimum atomic E-state index is -4.49. The van der Waals surface area contributed by atoms with Gasteiger partial charge in [0, 0.05) is 6.42 Å². The number of nitrogens with one attached hydrogen (secondary N) is 2. The highest BCUT2D eigenvalue weighted by molar-refractivity contribution is 7.52. The minimum absolute atomic E-state index is 0.0715. The molecule has 3 aromatic rings. The molecule has 0 saturated carbocycles. The van der Waals surface area contributed by atoms with Gasteiger partial charge in [-0.15, -0.1) is 0 Å². The van der Waals surface area contributed by atoms with Gasteiger partial charge in [0.05, 0.1) is 12.3 Å². The van der Waals surface area contributed by atoms with E-state index in [1.807, 2.05) is 6.92 Å². The van der Waals surface area contributed by atoms with Gasteiger partial charge in [-0.2, -0.15) is 10.2 Å². The second kappa shape index (κ2) is 12.6. The Balaban J connectivity index is 1.59. The molecular weight excluding hydrogens is 564 g/mol. The van der Waals surface area contributed by atoms with Gasteiger partial charge in [0.25, 0.3) is 0 Å². The van der Waals surface area contributed by atoms with Gasteiger partial charge in [0.2, 0.25) is 5.91 Å². The van der Waals surface area contributed by atoms with Crippen molar-refractivity contribution in [3.63, 3.8) is 0 Å². The number of carbonyl (C=O) groups excluding carboxylic acids is 1. The lowest BCUT2D eigenvalue weighted by atomic mass is 9.96. The summed E-state index contributed by atoms with van der Waals surface area (Å²) < 4.78 is 46.2. The Morgan fingerprint density at radius 2 is 1.98 bits per heavy atom. The monoisotopic (exact) mass is 595 g/mol. The van der Waals surface area contributed by atoms with Crippen LogP contribution in [0.4, 0.5) is 10.2 Å². The van der Waals surface area contributed by atoms with Crippen LogP contribution in [-0.4, -0.2) is 78.9 Å². The first kappa shape index (κ1) is 30.5. The molecule has 4 rings (SSSR count). The number of aromatic nitrogens is 3. The number of aliphatic carboxylic acids is 1. The molecule has 0 bridgehead atoms. The average molecular weight is 596 g/mol. The molecule has 1 saturated heterocycles. The lowest BCUT2D eigenvalue weighted by Crippen LogP contribution is -2.49. The predicted molar refractivity (Wildman–Crippen MR) is 142 cm³/mol. The van der Waals surface area contributed by atoms with Crippen molar-refractivity contribution in [2.24, 2.45) is 0 Å². The maximum Gasteiger partial charge on any atom is 0.459 e. The molecule has 0 radical (unpaired) electrons. The summed E-state index contributed by atoms with van der Waals surface area (Å²) in [5, 5.41) is 40.2. The number of para-hydroxylation sites is 1. The molecule has 6 atom stereocenters. The average Bonchev–Trinajstić information content (AvgIpc) is 3.48. The number of halogens is 1. The van der Waals surface area contributed by atoms with E-state index >= 15 is 0 Å². The van der Waals surface area contributed by atoms with Gasteiger partial charge in [-0.25, -0.2) is 18.5 Å². The number of aliphatic hydroxyl groups is 2. The first-order chi connectivity index (χ1) is 19.5. The molecule has 1 aromatic carbocycles. The predicted octanol–water partition coefficient (Wildman–Crippen LogP) is 2.24. The van der Waals surface area contributed by atoms with Crippen LogP contribution in [0.3, 0.4) is 0 Å². The number of carboxylic acids is 1.